The summed E-state index contributed by atoms with van der Waals surface area (Å²) < 4.78 is 5.34. The van der Waals surface area contributed by atoms with Gasteiger partial charge in [-0.05, 0) is 37.2 Å². The summed E-state index contributed by atoms with van der Waals surface area (Å²) in [4.78, 5) is 21.6. The first kappa shape index (κ1) is 19.2. The molecule has 6 nitrogen and oxygen atoms in total. The second kappa shape index (κ2) is 8.86. The summed E-state index contributed by atoms with van der Waals surface area (Å²) in [6, 6.07) is 9.83. The van der Waals surface area contributed by atoms with Gasteiger partial charge in [-0.25, -0.2) is 4.98 Å². The van der Waals surface area contributed by atoms with Crippen LogP contribution < -0.4 is 15.0 Å². The fourth-order valence-electron chi connectivity index (χ4n) is 3.29. The van der Waals surface area contributed by atoms with Gasteiger partial charge in [0.25, 0.3) is 0 Å². The van der Waals surface area contributed by atoms with Crippen molar-refractivity contribution in [1.82, 2.24) is 15.2 Å². The van der Waals surface area contributed by atoms with Crippen molar-refractivity contribution in [3.05, 3.63) is 53.2 Å². The number of hydrogen-bond donors (Lipinski definition) is 1. The van der Waals surface area contributed by atoms with E-state index in [1.54, 1.807) is 7.11 Å². The molecule has 1 amide bonds. The van der Waals surface area contributed by atoms with E-state index >= 15 is 0 Å². The van der Waals surface area contributed by atoms with Crippen LogP contribution in [0.25, 0.3) is 0 Å². The highest BCUT2D eigenvalue weighted by Gasteiger charge is 2.18. The van der Waals surface area contributed by atoms with Crippen LogP contribution in [0.1, 0.15) is 16.7 Å². The Kier molecular flexibility index (Phi) is 6.29. The summed E-state index contributed by atoms with van der Waals surface area (Å²) in [5.74, 6) is 1.78. The molecule has 2 aromatic rings. The maximum Gasteiger partial charge on any atom is 0.224 e. The molecule has 0 radical (unpaired) electrons. The maximum absolute atomic E-state index is 12.4. The van der Waals surface area contributed by atoms with Gasteiger partial charge in [-0.2, -0.15) is 0 Å². The van der Waals surface area contributed by atoms with Gasteiger partial charge in [-0.1, -0.05) is 18.2 Å². The Balaban J connectivity index is 1.61. The smallest absolute Gasteiger partial charge is 0.224 e. The molecule has 1 aromatic heterocycles. The summed E-state index contributed by atoms with van der Waals surface area (Å²) in [5, 5.41) is 3.03. The van der Waals surface area contributed by atoms with Crippen LogP contribution in [-0.4, -0.2) is 56.1 Å². The molecule has 1 saturated heterocycles. The number of benzene rings is 1. The molecule has 3 rings (SSSR count). The van der Waals surface area contributed by atoms with Gasteiger partial charge in [0.15, 0.2) is 0 Å². The van der Waals surface area contributed by atoms with Crippen molar-refractivity contribution in [2.24, 2.45) is 0 Å². The van der Waals surface area contributed by atoms with Gasteiger partial charge < -0.3 is 19.9 Å². The fourth-order valence-corrected chi connectivity index (χ4v) is 3.29. The van der Waals surface area contributed by atoms with Crippen molar-refractivity contribution in [1.29, 1.82) is 0 Å². The molecular formula is C21H28N4O2. The molecular weight excluding hydrogens is 340 g/mol. The van der Waals surface area contributed by atoms with Gasteiger partial charge in [0.2, 0.25) is 5.91 Å². The minimum atomic E-state index is -0.00548. The van der Waals surface area contributed by atoms with E-state index in [1.807, 2.05) is 43.5 Å². The summed E-state index contributed by atoms with van der Waals surface area (Å²) in [7, 11) is 3.78. The van der Waals surface area contributed by atoms with E-state index in [0.717, 1.165) is 54.4 Å². The Hall–Kier alpha value is -2.60. The third-order valence-corrected chi connectivity index (χ3v) is 4.98. The highest BCUT2D eigenvalue weighted by atomic mass is 16.5. The highest BCUT2D eigenvalue weighted by Crippen LogP contribution is 2.20. The number of pyridine rings is 1. The zero-order valence-electron chi connectivity index (χ0n) is 16.4. The lowest BCUT2D eigenvalue weighted by atomic mass is 10.1. The number of carbonyl (C=O) groups is 1. The van der Waals surface area contributed by atoms with Crippen LogP contribution in [0, 0.1) is 6.92 Å². The molecule has 27 heavy (non-hydrogen) atoms. The predicted octanol–water partition coefficient (Wildman–Crippen LogP) is 2.01. The summed E-state index contributed by atoms with van der Waals surface area (Å²) in [6.07, 6.45) is 2.15. The van der Waals surface area contributed by atoms with Crippen LogP contribution in [0.4, 0.5) is 5.82 Å². The second-order valence-corrected chi connectivity index (χ2v) is 7.03. The van der Waals surface area contributed by atoms with E-state index in [0.29, 0.717) is 13.0 Å². The lowest BCUT2D eigenvalue weighted by molar-refractivity contribution is -0.120. The van der Waals surface area contributed by atoms with E-state index in [1.165, 1.54) is 0 Å². The van der Waals surface area contributed by atoms with Crippen molar-refractivity contribution in [2.45, 2.75) is 19.9 Å². The number of amides is 1. The number of aromatic nitrogens is 1. The van der Waals surface area contributed by atoms with Crippen LogP contribution in [0.5, 0.6) is 5.75 Å². The molecule has 6 heteroatoms. The second-order valence-electron chi connectivity index (χ2n) is 7.03. The topological polar surface area (TPSA) is 57.7 Å². The molecule has 2 heterocycles. The van der Waals surface area contributed by atoms with Crippen LogP contribution >= 0.6 is 0 Å². The first-order valence-corrected chi connectivity index (χ1v) is 9.34. The van der Waals surface area contributed by atoms with Gasteiger partial charge >= 0.3 is 0 Å². The van der Waals surface area contributed by atoms with Crippen molar-refractivity contribution in [3.63, 3.8) is 0 Å². The highest BCUT2D eigenvalue weighted by molar-refractivity contribution is 5.78. The van der Waals surface area contributed by atoms with E-state index < -0.39 is 0 Å². The fraction of sp³-hybridized carbons (Fsp3) is 0.429. The third-order valence-electron chi connectivity index (χ3n) is 4.98. The Bertz CT molecular complexity index is 786. The minimum Gasteiger partial charge on any atom is -0.496 e. The number of carbonyl (C=O) groups excluding carboxylic acids is 1. The van der Waals surface area contributed by atoms with E-state index in [9.17, 15) is 4.79 Å². The van der Waals surface area contributed by atoms with Gasteiger partial charge in [0, 0.05) is 44.5 Å². The molecule has 1 aliphatic heterocycles. The van der Waals surface area contributed by atoms with E-state index in [-0.39, 0.29) is 5.91 Å². The van der Waals surface area contributed by atoms with Crippen molar-refractivity contribution < 1.29 is 9.53 Å². The van der Waals surface area contributed by atoms with Gasteiger partial charge in [0.1, 0.15) is 11.6 Å². The molecule has 0 aliphatic carbocycles. The molecule has 1 fully saturated rings. The number of methoxy groups -OCH3 is 1. The SMILES string of the molecule is COc1cc(CC(=O)NCc2cccnc2N2CCN(C)CC2)ccc1C. The molecule has 0 bridgehead atoms. The van der Waals surface area contributed by atoms with Crippen LogP contribution in [0.15, 0.2) is 36.5 Å². The van der Waals surface area contributed by atoms with E-state index in [2.05, 4.69) is 27.1 Å². The zero-order valence-corrected chi connectivity index (χ0v) is 16.4. The number of hydrogen-bond acceptors (Lipinski definition) is 5. The Morgan fingerprint density at radius 2 is 2.00 bits per heavy atom. The average molecular weight is 368 g/mol. The predicted molar refractivity (Wildman–Crippen MR) is 107 cm³/mol. The monoisotopic (exact) mass is 368 g/mol. The molecule has 1 N–H and O–H groups in total. The number of rotatable bonds is 6. The summed E-state index contributed by atoms with van der Waals surface area (Å²) >= 11 is 0. The average Bonchev–Trinajstić information content (AvgIpc) is 2.69. The number of aryl methyl sites for hydroxylation is 1. The van der Waals surface area contributed by atoms with Crippen LogP contribution in [0.2, 0.25) is 0 Å². The molecule has 0 unspecified atom stereocenters. The number of anilines is 1. The number of ether oxygens (including phenoxy) is 1. The minimum absolute atomic E-state index is 0.00548. The molecule has 0 atom stereocenters. The molecule has 1 aliphatic rings. The number of nitrogens with one attached hydrogen (secondary N) is 1. The number of likely N-dealkylation sites (N-methyl/N-ethyl adjacent to an activating group) is 1. The number of piperazine rings is 1. The molecule has 0 saturated carbocycles. The number of nitrogens with zero attached hydrogens (tertiary/aromatic N) is 3. The molecule has 1 aromatic carbocycles. The van der Waals surface area contributed by atoms with Gasteiger partial charge in [-0.15, -0.1) is 0 Å². The first-order valence-electron chi connectivity index (χ1n) is 9.34. The van der Waals surface area contributed by atoms with Gasteiger partial charge in [-0.3, -0.25) is 4.79 Å². The summed E-state index contributed by atoms with van der Waals surface area (Å²) in [5.41, 5.74) is 3.06. The Labute approximate surface area is 161 Å². The largest absolute Gasteiger partial charge is 0.496 e. The maximum atomic E-state index is 12.4. The lowest BCUT2D eigenvalue weighted by Crippen LogP contribution is -2.45. The van der Waals surface area contributed by atoms with E-state index in [4.69, 9.17) is 4.74 Å². The quantitative estimate of drug-likeness (QED) is 0.845. The molecule has 144 valence electrons. The van der Waals surface area contributed by atoms with Crippen LogP contribution in [0.3, 0.4) is 0 Å². The van der Waals surface area contributed by atoms with Crippen molar-refractivity contribution in [2.75, 3.05) is 45.2 Å². The lowest BCUT2D eigenvalue weighted by Gasteiger charge is -2.34. The molecule has 0 spiro atoms. The Morgan fingerprint density at radius 1 is 1.22 bits per heavy atom. The Morgan fingerprint density at radius 3 is 2.74 bits per heavy atom. The van der Waals surface area contributed by atoms with Crippen molar-refractivity contribution >= 4 is 11.7 Å². The third kappa shape index (κ3) is 4.98. The zero-order chi connectivity index (χ0) is 19.2. The summed E-state index contributed by atoms with van der Waals surface area (Å²) in [6.45, 7) is 6.44. The van der Waals surface area contributed by atoms with Crippen LogP contribution in [-0.2, 0) is 17.8 Å². The standard InChI is InChI=1S/C21H28N4O2/c1-16-6-7-17(13-19(16)27-3)14-20(26)23-15-18-5-4-8-22-21(18)25-11-9-24(2)10-12-25/h4-8,13H,9-12,14-15H2,1-3H3,(H,23,26). The van der Waals surface area contributed by atoms with Gasteiger partial charge in [0.05, 0.1) is 13.5 Å². The normalized spacial score (nSPS) is 14.9. The van der Waals surface area contributed by atoms with Crippen molar-refractivity contribution in [3.8, 4) is 5.75 Å². The first-order chi connectivity index (χ1) is 13.1.